The fourth-order valence-electron chi connectivity index (χ4n) is 2.88. The lowest BCUT2D eigenvalue weighted by molar-refractivity contribution is -0.136. The van der Waals surface area contributed by atoms with E-state index in [2.05, 4.69) is 5.43 Å². The highest BCUT2D eigenvalue weighted by Gasteiger charge is 2.15. The van der Waals surface area contributed by atoms with Crippen molar-refractivity contribution in [2.45, 2.75) is 19.8 Å². The summed E-state index contributed by atoms with van der Waals surface area (Å²) >= 11 is 5.97. The van der Waals surface area contributed by atoms with Gasteiger partial charge in [0, 0.05) is 28.3 Å². The molecule has 138 valence electrons. The van der Waals surface area contributed by atoms with Crippen LogP contribution in [0.25, 0.3) is 11.3 Å². The molecule has 0 saturated carbocycles. The Balaban J connectivity index is 1.98. The monoisotopic (exact) mass is 382 g/mol. The van der Waals surface area contributed by atoms with Gasteiger partial charge >= 0.3 is 5.97 Å². The number of aryl methyl sites for hydroxylation is 2. The van der Waals surface area contributed by atoms with Gasteiger partial charge in [-0.3, -0.25) is 19.7 Å². The maximum Gasteiger partial charge on any atom is 0.303 e. The van der Waals surface area contributed by atoms with E-state index < -0.39 is 5.97 Å². The molecule has 0 unspecified atom stereocenters. The van der Waals surface area contributed by atoms with E-state index in [4.69, 9.17) is 16.7 Å². The van der Waals surface area contributed by atoms with Gasteiger partial charge in [0.1, 0.15) is 0 Å². The Labute approximate surface area is 162 Å². The maximum absolute atomic E-state index is 12.8. The number of rotatable bonds is 6. The quantitative estimate of drug-likeness (QED) is 0.658. The Bertz CT molecular complexity index is 977. The summed E-state index contributed by atoms with van der Waals surface area (Å²) in [5, 5.41) is 9.62. The van der Waals surface area contributed by atoms with Crippen LogP contribution >= 0.6 is 11.6 Å². The summed E-state index contributed by atoms with van der Waals surface area (Å²) in [7, 11) is 0. The Hall–Kier alpha value is -3.05. The minimum Gasteiger partial charge on any atom is -0.481 e. The molecule has 0 atom stereocenters. The third kappa shape index (κ3) is 4.38. The lowest BCUT2D eigenvalue weighted by atomic mass is 10.1. The first-order chi connectivity index (χ1) is 13.0. The zero-order chi connectivity index (χ0) is 19.4. The first-order valence-corrected chi connectivity index (χ1v) is 8.89. The van der Waals surface area contributed by atoms with Gasteiger partial charge in [-0.25, -0.2) is 0 Å². The fraction of sp³-hybridized carbons (Fsp3) is 0.143. The van der Waals surface area contributed by atoms with Gasteiger partial charge in [0.05, 0.1) is 12.1 Å². The molecule has 0 aliphatic heterocycles. The highest BCUT2D eigenvalue weighted by atomic mass is 35.5. The Morgan fingerprint density at radius 1 is 1.04 bits per heavy atom. The summed E-state index contributed by atoms with van der Waals surface area (Å²) in [6.07, 6.45) is 0.279. The maximum atomic E-state index is 12.8. The Morgan fingerprint density at radius 3 is 2.41 bits per heavy atom. The summed E-state index contributed by atoms with van der Waals surface area (Å²) in [5.74, 6) is -1.14. The Kier molecular flexibility index (Phi) is 5.62. The third-order valence-corrected chi connectivity index (χ3v) is 4.55. The van der Waals surface area contributed by atoms with E-state index in [1.54, 1.807) is 22.9 Å². The average molecular weight is 383 g/mol. The van der Waals surface area contributed by atoms with Crippen LogP contribution in [0, 0.1) is 6.92 Å². The highest BCUT2D eigenvalue weighted by Crippen LogP contribution is 2.24. The summed E-state index contributed by atoms with van der Waals surface area (Å²) in [6, 6.07) is 18.3. The van der Waals surface area contributed by atoms with E-state index in [9.17, 15) is 9.59 Å². The number of aliphatic carboxylic acids is 1. The molecule has 0 fully saturated rings. The number of hydrogen-bond acceptors (Lipinski definition) is 2. The van der Waals surface area contributed by atoms with E-state index in [0.717, 1.165) is 16.8 Å². The van der Waals surface area contributed by atoms with E-state index in [0.29, 0.717) is 22.7 Å². The third-order valence-electron chi connectivity index (χ3n) is 4.30. The van der Waals surface area contributed by atoms with Crippen LogP contribution in [0.15, 0.2) is 60.7 Å². The summed E-state index contributed by atoms with van der Waals surface area (Å²) < 4.78 is 1.65. The summed E-state index contributed by atoms with van der Waals surface area (Å²) in [6.45, 7) is 1.87. The minimum absolute atomic E-state index is 0.0235. The van der Waals surface area contributed by atoms with Crippen LogP contribution in [-0.2, 0) is 11.2 Å². The first-order valence-electron chi connectivity index (χ1n) is 8.51. The van der Waals surface area contributed by atoms with Gasteiger partial charge in [0.2, 0.25) is 0 Å². The number of nitrogens with one attached hydrogen (secondary N) is 1. The number of amides is 1. The van der Waals surface area contributed by atoms with Crippen molar-refractivity contribution < 1.29 is 14.7 Å². The van der Waals surface area contributed by atoms with Crippen molar-refractivity contribution in [1.29, 1.82) is 0 Å². The zero-order valence-corrected chi connectivity index (χ0v) is 15.5. The molecular weight excluding hydrogens is 364 g/mol. The Morgan fingerprint density at radius 2 is 1.74 bits per heavy atom. The molecule has 2 N–H and O–H groups in total. The van der Waals surface area contributed by atoms with Gasteiger partial charge in [-0.15, -0.1) is 0 Å². The molecule has 0 aliphatic carbocycles. The average Bonchev–Trinajstić information content (AvgIpc) is 3.03. The van der Waals surface area contributed by atoms with Crippen molar-refractivity contribution in [3.05, 3.63) is 82.5 Å². The topological polar surface area (TPSA) is 71.3 Å². The predicted octanol–water partition coefficient (Wildman–Crippen LogP) is 4.52. The van der Waals surface area contributed by atoms with Crippen LogP contribution in [0.3, 0.4) is 0 Å². The molecular formula is C21H19ClN2O3. The van der Waals surface area contributed by atoms with Crippen molar-refractivity contribution in [2.75, 3.05) is 5.43 Å². The number of hydrogen-bond donors (Lipinski definition) is 2. The lowest BCUT2D eigenvalue weighted by Crippen LogP contribution is -2.26. The summed E-state index contributed by atoms with van der Waals surface area (Å²) in [5.41, 5.74) is 6.67. The number of aromatic nitrogens is 1. The number of carboxylic acids is 1. The second kappa shape index (κ2) is 8.10. The predicted molar refractivity (Wildman–Crippen MR) is 106 cm³/mol. The molecule has 3 rings (SSSR count). The fourth-order valence-corrected chi connectivity index (χ4v) is 3.00. The molecule has 0 saturated heterocycles. The molecule has 3 aromatic rings. The van der Waals surface area contributed by atoms with E-state index in [-0.39, 0.29) is 12.3 Å². The van der Waals surface area contributed by atoms with Gasteiger partial charge in [0.25, 0.3) is 5.91 Å². The SMILES string of the molecule is Cc1ccccc1C(=O)Nn1c(CCC(=O)O)ccc1-c1ccc(Cl)cc1. The van der Waals surface area contributed by atoms with Crippen LogP contribution in [0.1, 0.15) is 28.0 Å². The molecule has 6 heteroatoms. The van der Waals surface area contributed by atoms with E-state index in [1.165, 1.54) is 0 Å². The zero-order valence-electron chi connectivity index (χ0n) is 14.8. The molecule has 1 aromatic heterocycles. The highest BCUT2D eigenvalue weighted by molar-refractivity contribution is 6.30. The molecule has 0 radical (unpaired) electrons. The molecule has 0 bridgehead atoms. The van der Waals surface area contributed by atoms with E-state index in [1.807, 2.05) is 49.4 Å². The van der Waals surface area contributed by atoms with Gasteiger partial charge in [-0.2, -0.15) is 0 Å². The second-order valence-corrected chi connectivity index (χ2v) is 6.64. The number of carbonyl (C=O) groups is 2. The first kappa shape index (κ1) is 18.7. The number of halogens is 1. The van der Waals surface area contributed by atoms with Crippen LogP contribution in [-0.4, -0.2) is 21.7 Å². The number of carbonyl (C=O) groups excluding carboxylic acids is 1. The molecule has 27 heavy (non-hydrogen) atoms. The van der Waals surface area contributed by atoms with Crippen LogP contribution in [0.4, 0.5) is 0 Å². The van der Waals surface area contributed by atoms with Crippen LogP contribution in [0.5, 0.6) is 0 Å². The lowest BCUT2D eigenvalue weighted by Gasteiger charge is -2.16. The summed E-state index contributed by atoms with van der Waals surface area (Å²) in [4.78, 5) is 23.8. The number of benzene rings is 2. The molecule has 0 aliphatic rings. The molecule has 1 amide bonds. The number of nitrogens with zero attached hydrogens (tertiary/aromatic N) is 1. The minimum atomic E-state index is -0.888. The standard InChI is InChI=1S/C21H19ClN2O3/c1-14-4-2-3-5-18(14)21(27)23-24-17(11-13-20(25)26)10-12-19(24)15-6-8-16(22)9-7-15/h2-10,12H,11,13H2,1H3,(H,23,27)(H,25,26). The van der Waals surface area contributed by atoms with Crippen molar-refractivity contribution in [3.8, 4) is 11.3 Å². The van der Waals surface area contributed by atoms with Gasteiger partial charge in [-0.05, 0) is 42.8 Å². The van der Waals surface area contributed by atoms with E-state index >= 15 is 0 Å². The van der Waals surface area contributed by atoms with Crippen LogP contribution in [0.2, 0.25) is 5.02 Å². The second-order valence-electron chi connectivity index (χ2n) is 6.20. The van der Waals surface area contributed by atoms with Gasteiger partial charge < -0.3 is 5.11 Å². The smallest absolute Gasteiger partial charge is 0.303 e. The van der Waals surface area contributed by atoms with Gasteiger partial charge in [0.15, 0.2) is 0 Å². The molecule has 2 aromatic carbocycles. The van der Waals surface area contributed by atoms with Crippen molar-refractivity contribution in [2.24, 2.45) is 0 Å². The number of carboxylic acid groups (broad SMARTS) is 1. The molecule has 1 heterocycles. The van der Waals surface area contributed by atoms with Crippen molar-refractivity contribution in [1.82, 2.24) is 4.68 Å². The van der Waals surface area contributed by atoms with Gasteiger partial charge in [-0.1, -0.05) is 41.9 Å². The van der Waals surface area contributed by atoms with Crippen LogP contribution < -0.4 is 5.43 Å². The molecule has 5 nitrogen and oxygen atoms in total. The normalized spacial score (nSPS) is 10.6. The van der Waals surface area contributed by atoms with Crippen molar-refractivity contribution in [3.63, 3.8) is 0 Å². The molecule has 0 spiro atoms. The van der Waals surface area contributed by atoms with Crippen molar-refractivity contribution >= 4 is 23.5 Å². The largest absolute Gasteiger partial charge is 0.481 e.